The standard InChI is InChI=1S/C28H40N4O6/c1-17(2)26-19(4)9-10-24(34)30-11-5-7-18(3)13-21(33)14-20(29)15-25-31-22(16-37-25)27(35)32-12-6-8-23(32)28(36)38-26/h5,7,9-10,13,16-17,19-21,23,26,33H,6,8,11-12,14-15,29H2,1-4H3,(H,30,34)/b7-5?,10-9+,18-13?/t19-,20-,21-,23-,26-/m1/s1. The molecule has 0 saturated carbocycles. The zero-order chi connectivity index (χ0) is 27.8. The summed E-state index contributed by atoms with van der Waals surface area (Å²) >= 11 is 0. The molecule has 1 fully saturated rings. The number of amides is 2. The van der Waals surface area contributed by atoms with Crippen molar-refractivity contribution in [1.29, 1.82) is 0 Å². The van der Waals surface area contributed by atoms with Crippen LogP contribution in [0.4, 0.5) is 0 Å². The van der Waals surface area contributed by atoms with Gasteiger partial charge in [0, 0.05) is 31.5 Å². The van der Waals surface area contributed by atoms with Gasteiger partial charge in [-0.3, -0.25) is 9.59 Å². The highest BCUT2D eigenvalue weighted by molar-refractivity contribution is 5.95. The maximum absolute atomic E-state index is 13.2. The molecule has 5 atom stereocenters. The van der Waals surface area contributed by atoms with Crippen LogP contribution in [0.1, 0.15) is 63.3 Å². The van der Waals surface area contributed by atoms with Crippen LogP contribution in [0.25, 0.3) is 0 Å². The molecule has 38 heavy (non-hydrogen) atoms. The monoisotopic (exact) mass is 528 g/mol. The molecule has 208 valence electrons. The lowest BCUT2D eigenvalue weighted by atomic mass is 9.94. The number of carbonyl (C=O) groups excluding carboxylic acids is 3. The van der Waals surface area contributed by atoms with Gasteiger partial charge in [-0.1, -0.05) is 50.6 Å². The third-order valence-corrected chi connectivity index (χ3v) is 6.75. The van der Waals surface area contributed by atoms with Crippen molar-refractivity contribution in [2.75, 3.05) is 13.1 Å². The molecule has 10 nitrogen and oxygen atoms in total. The molecule has 4 N–H and O–H groups in total. The highest BCUT2D eigenvalue weighted by atomic mass is 16.5. The quantitative estimate of drug-likeness (QED) is 0.470. The van der Waals surface area contributed by atoms with Crippen LogP contribution in [0.2, 0.25) is 0 Å². The second-order valence-electron chi connectivity index (χ2n) is 10.5. The molecule has 2 aliphatic rings. The Labute approximate surface area is 224 Å². The first-order valence-corrected chi connectivity index (χ1v) is 13.3. The minimum Gasteiger partial charge on any atom is -0.460 e. The number of nitrogens with one attached hydrogen (secondary N) is 1. The van der Waals surface area contributed by atoms with E-state index < -0.39 is 36.2 Å². The summed E-state index contributed by atoms with van der Waals surface area (Å²) in [6, 6.07) is -1.17. The lowest BCUT2D eigenvalue weighted by molar-refractivity contribution is -0.158. The number of hydrogen-bond donors (Lipinski definition) is 3. The summed E-state index contributed by atoms with van der Waals surface area (Å²) in [4.78, 5) is 44.5. The number of cyclic esters (lactones) is 1. The van der Waals surface area contributed by atoms with E-state index in [1.54, 1.807) is 18.2 Å². The van der Waals surface area contributed by atoms with E-state index in [0.717, 1.165) is 5.57 Å². The van der Waals surface area contributed by atoms with Crippen LogP contribution in [-0.4, -0.2) is 70.2 Å². The average molecular weight is 529 g/mol. The van der Waals surface area contributed by atoms with E-state index in [1.807, 2.05) is 33.8 Å². The van der Waals surface area contributed by atoms with Gasteiger partial charge >= 0.3 is 5.97 Å². The SMILES string of the molecule is CC1=C[C@@H](O)C[C@@H](N)Cc2nc(co2)C(=O)N2CCC[C@@H]2C(=O)O[C@H](C(C)C)[C@H](C)/C=C/C(=O)NCC=C1. The Morgan fingerprint density at radius 2 is 2.00 bits per heavy atom. The molecule has 0 unspecified atom stereocenters. The molecule has 2 aliphatic heterocycles. The molecule has 1 saturated heterocycles. The van der Waals surface area contributed by atoms with Crippen molar-refractivity contribution in [1.82, 2.24) is 15.2 Å². The molecule has 0 aliphatic carbocycles. The van der Waals surface area contributed by atoms with Crippen molar-refractivity contribution >= 4 is 17.8 Å². The van der Waals surface area contributed by atoms with Crippen molar-refractivity contribution in [3.05, 3.63) is 53.8 Å². The number of hydrogen-bond acceptors (Lipinski definition) is 8. The molecule has 3 rings (SSSR count). The number of nitrogens with two attached hydrogens (primary N) is 1. The highest BCUT2D eigenvalue weighted by Gasteiger charge is 2.38. The minimum absolute atomic E-state index is 0.00273. The number of carbonyl (C=O) groups is 3. The first-order chi connectivity index (χ1) is 18.0. The van der Waals surface area contributed by atoms with E-state index in [-0.39, 0.29) is 36.3 Å². The smallest absolute Gasteiger partial charge is 0.329 e. The van der Waals surface area contributed by atoms with Gasteiger partial charge < -0.3 is 30.2 Å². The number of oxazole rings is 1. The van der Waals surface area contributed by atoms with Gasteiger partial charge in [-0.05, 0) is 38.2 Å². The second kappa shape index (κ2) is 13.5. The Morgan fingerprint density at radius 3 is 2.74 bits per heavy atom. The van der Waals surface area contributed by atoms with Crippen molar-refractivity contribution in [3.8, 4) is 0 Å². The fraction of sp³-hybridized carbons (Fsp3) is 0.571. The highest BCUT2D eigenvalue weighted by Crippen LogP contribution is 2.25. The van der Waals surface area contributed by atoms with E-state index in [4.69, 9.17) is 14.9 Å². The van der Waals surface area contributed by atoms with Crippen LogP contribution >= 0.6 is 0 Å². The summed E-state index contributed by atoms with van der Waals surface area (Å²) in [7, 11) is 0. The molecule has 0 radical (unpaired) electrons. The summed E-state index contributed by atoms with van der Waals surface area (Å²) in [5.74, 6) is -1.06. The molecule has 0 aromatic carbocycles. The number of ether oxygens (including phenoxy) is 1. The number of aromatic nitrogens is 1. The summed E-state index contributed by atoms with van der Waals surface area (Å²) in [6.07, 6.45) is 10.2. The first-order valence-electron chi connectivity index (χ1n) is 13.3. The number of nitrogens with zero attached hydrogens (tertiary/aromatic N) is 2. The van der Waals surface area contributed by atoms with Gasteiger partial charge in [0.15, 0.2) is 11.6 Å². The van der Waals surface area contributed by atoms with E-state index in [2.05, 4.69) is 10.3 Å². The number of fused-ring (bicyclic) bond motifs is 3. The van der Waals surface area contributed by atoms with Crippen LogP contribution in [0.5, 0.6) is 0 Å². The molecular formula is C28H40N4O6. The number of allylic oxidation sites excluding steroid dienone is 2. The first kappa shape index (κ1) is 29.3. The molecule has 1 aromatic heterocycles. The van der Waals surface area contributed by atoms with Gasteiger partial charge in [0.2, 0.25) is 5.91 Å². The van der Waals surface area contributed by atoms with Crippen molar-refractivity contribution in [2.24, 2.45) is 17.6 Å². The van der Waals surface area contributed by atoms with Gasteiger partial charge in [0.25, 0.3) is 5.91 Å². The van der Waals surface area contributed by atoms with Crippen LogP contribution < -0.4 is 11.1 Å². The third-order valence-electron chi connectivity index (χ3n) is 6.75. The Bertz CT molecular complexity index is 1080. The van der Waals surface area contributed by atoms with Crippen molar-refractivity contribution < 1.29 is 28.6 Å². The molecule has 10 heteroatoms. The minimum atomic E-state index is -0.781. The third kappa shape index (κ3) is 8.13. The van der Waals surface area contributed by atoms with Gasteiger partial charge in [-0.15, -0.1) is 0 Å². The van der Waals surface area contributed by atoms with Crippen molar-refractivity contribution in [2.45, 2.75) is 77.7 Å². The zero-order valence-electron chi connectivity index (χ0n) is 22.6. The van der Waals surface area contributed by atoms with Crippen LogP contribution in [0.15, 0.2) is 46.6 Å². The van der Waals surface area contributed by atoms with E-state index >= 15 is 0 Å². The van der Waals surface area contributed by atoms with E-state index in [0.29, 0.717) is 31.8 Å². The fourth-order valence-corrected chi connectivity index (χ4v) is 4.82. The summed E-state index contributed by atoms with van der Waals surface area (Å²) in [6.45, 7) is 8.37. The van der Waals surface area contributed by atoms with Gasteiger partial charge in [0.05, 0.1) is 6.10 Å². The number of rotatable bonds is 1. The zero-order valence-corrected chi connectivity index (χ0v) is 22.6. The second-order valence-corrected chi connectivity index (χ2v) is 10.5. The molecule has 1 aromatic rings. The topological polar surface area (TPSA) is 148 Å². The molecular weight excluding hydrogens is 488 g/mol. The fourth-order valence-electron chi connectivity index (χ4n) is 4.82. The van der Waals surface area contributed by atoms with Crippen molar-refractivity contribution in [3.63, 3.8) is 0 Å². The van der Waals surface area contributed by atoms with Crippen LogP contribution in [0, 0.1) is 11.8 Å². The molecule has 3 heterocycles. The Morgan fingerprint density at radius 1 is 1.24 bits per heavy atom. The lowest BCUT2D eigenvalue weighted by Gasteiger charge is -2.29. The number of aliphatic hydroxyl groups is 1. The summed E-state index contributed by atoms with van der Waals surface area (Å²) in [5, 5.41) is 13.2. The predicted molar refractivity (Wildman–Crippen MR) is 142 cm³/mol. The van der Waals surface area contributed by atoms with E-state index in [1.165, 1.54) is 17.2 Å². The Hall–Kier alpha value is -3.24. The van der Waals surface area contributed by atoms with Crippen LogP contribution in [0.3, 0.4) is 0 Å². The maximum Gasteiger partial charge on any atom is 0.329 e. The predicted octanol–water partition coefficient (Wildman–Crippen LogP) is 2.29. The lowest BCUT2D eigenvalue weighted by Crippen LogP contribution is -2.44. The van der Waals surface area contributed by atoms with Gasteiger partial charge in [0.1, 0.15) is 18.4 Å². The Kier molecular flexibility index (Phi) is 10.4. The maximum atomic E-state index is 13.2. The van der Waals surface area contributed by atoms with Crippen LogP contribution in [-0.2, 0) is 20.7 Å². The van der Waals surface area contributed by atoms with Gasteiger partial charge in [-0.25, -0.2) is 9.78 Å². The number of esters is 1. The Balaban J connectivity index is 1.85. The molecule has 0 spiro atoms. The largest absolute Gasteiger partial charge is 0.460 e. The summed E-state index contributed by atoms with van der Waals surface area (Å²) < 4.78 is 11.4. The average Bonchev–Trinajstić information content (AvgIpc) is 3.52. The van der Waals surface area contributed by atoms with Gasteiger partial charge in [-0.2, -0.15) is 0 Å². The molecule has 2 bridgehead atoms. The summed E-state index contributed by atoms with van der Waals surface area (Å²) in [5.41, 5.74) is 7.12. The molecule has 2 amide bonds. The van der Waals surface area contributed by atoms with E-state index in [9.17, 15) is 19.5 Å². The number of aliphatic hydroxyl groups excluding tert-OH is 1. The normalized spacial score (nSPS) is 29.4.